The van der Waals surface area contributed by atoms with E-state index < -0.39 is 0 Å². The number of likely N-dealkylation sites (tertiary alicyclic amines) is 1. The number of hydrogen-bond donors (Lipinski definition) is 1. The van der Waals surface area contributed by atoms with Crippen molar-refractivity contribution in [2.24, 2.45) is 17.1 Å². The lowest BCUT2D eigenvalue weighted by molar-refractivity contribution is -0.134. The van der Waals surface area contributed by atoms with Gasteiger partial charge in [0.1, 0.15) is 0 Å². The molecule has 0 aromatic carbocycles. The summed E-state index contributed by atoms with van der Waals surface area (Å²) >= 11 is 0. The summed E-state index contributed by atoms with van der Waals surface area (Å²) in [4.78, 5) is 14.2. The molecule has 1 heterocycles. The molecule has 1 unspecified atom stereocenters. The van der Waals surface area contributed by atoms with Crippen LogP contribution in [0.25, 0.3) is 0 Å². The Bertz CT molecular complexity index is 297. The summed E-state index contributed by atoms with van der Waals surface area (Å²) < 4.78 is 0. The first kappa shape index (κ1) is 13.9. The van der Waals surface area contributed by atoms with Crippen LogP contribution in [-0.2, 0) is 4.79 Å². The Balaban J connectivity index is 1.71. The van der Waals surface area contributed by atoms with Gasteiger partial charge in [0.2, 0.25) is 5.91 Å². The first-order chi connectivity index (χ1) is 8.49. The highest BCUT2D eigenvalue weighted by atomic mass is 16.2. The zero-order chi connectivity index (χ0) is 13.2. The monoisotopic (exact) mass is 252 g/mol. The molecule has 1 saturated heterocycles. The van der Waals surface area contributed by atoms with E-state index in [9.17, 15) is 4.79 Å². The molecule has 1 amide bonds. The molecule has 0 aromatic rings. The van der Waals surface area contributed by atoms with Crippen molar-refractivity contribution in [3.8, 4) is 0 Å². The van der Waals surface area contributed by atoms with Crippen LogP contribution in [0.3, 0.4) is 0 Å². The minimum Gasteiger partial charge on any atom is -0.342 e. The summed E-state index contributed by atoms with van der Waals surface area (Å²) in [5.74, 6) is 1.26. The van der Waals surface area contributed by atoms with E-state index in [2.05, 4.69) is 13.8 Å². The van der Waals surface area contributed by atoms with Gasteiger partial charge in [0.15, 0.2) is 0 Å². The Morgan fingerprint density at radius 3 is 2.61 bits per heavy atom. The predicted molar refractivity (Wildman–Crippen MR) is 74.1 cm³/mol. The molecular formula is C15H28N2O. The number of carbonyl (C=O) groups excluding carboxylic acids is 1. The van der Waals surface area contributed by atoms with E-state index >= 15 is 0 Å². The van der Waals surface area contributed by atoms with Crippen LogP contribution in [0.2, 0.25) is 0 Å². The number of rotatable bonds is 4. The second-order valence-electron chi connectivity index (χ2n) is 6.89. The van der Waals surface area contributed by atoms with Crippen LogP contribution >= 0.6 is 0 Å². The van der Waals surface area contributed by atoms with Crippen molar-refractivity contribution in [1.82, 2.24) is 4.90 Å². The number of amides is 1. The minimum atomic E-state index is 0.0713. The zero-order valence-corrected chi connectivity index (χ0v) is 12.0. The van der Waals surface area contributed by atoms with E-state index in [4.69, 9.17) is 5.73 Å². The SMILES string of the molecule is CC1(C)CN(C(=O)CCCC2CCC2)CCC1N. The van der Waals surface area contributed by atoms with Gasteiger partial charge >= 0.3 is 0 Å². The molecule has 3 nitrogen and oxygen atoms in total. The van der Waals surface area contributed by atoms with Crippen LogP contribution in [0.5, 0.6) is 0 Å². The van der Waals surface area contributed by atoms with Gasteiger partial charge in [-0.2, -0.15) is 0 Å². The smallest absolute Gasteiger partial charge is 0.222 e. The van der Waals surface area contributed by atoms with Gasteiger partial charge in [-0.1, -0.05) is 33.1 Å². The van der Waals surface area contributed by atoms with Crippen molar-refractivity contribution in [1.29, 1.82) is 0 Å². The van der Waals surface area contributed by atoms with Crippen molar-refractivity contribution >= 4 is 5.91 Å². The maximum atomic E-state index is 12.2. The lowest BCUT2D eigenvalue weighted by atomic mass is 9.79. The minimum absolute atomic E-state index is 0.0713. The molecule has 0 bridgehead atoms. The molecule has 1 saturated carbocycles. The molecular weight excluding hydrogens is 224 g/mol. The standard InChI is InChI=1S/C15H28N2O/c1-15(2)11-17(10-9-13(15)16)14(18)8-4-7-12-5-3-6-12/h12-13H,3-11,16H2,1-2H3. The van der Waals surface area contributed by atoms with E-state index in [1.54, 1.807) is 0 Å². The largest absolute Gasteiger partial charge is 0.342 e. The highest BCUT2D eigenvalue weighted by Gasteiger charge is 2.35. The molecule has 2 aliphatic rings. The number of carbonyl (C=O) groups is 1. The van der Waals surface area contributed by atoms with Gasteiger partial charge in [0.05, 0.1) is 0 Å². The molecule has 3 heteroatoms. The summed E-state index contributed by atoms with van der Waals surface area (Å²) in [5.41, 5.74) is 6.17. The number of hydrogen-bond acceptors (Lipinski definition) is 2. The first-order valence-electron chi connectivity index (χ1n) is 7.52. The third kappa shape index (κ3) is 3.25. The molecule has 104 valence electrons. The summed E-state index contributed by atoms with van der Waals surface area (Å²) in [6, 6.07) is 0.233. The third-order valence-electron chi connectivity index (χ3n) is 4.89. The Kier molecular flexibility index (Phi) is 4.31. The molecule has 0 radical (unpaired) electrons. The van der Waals surface area contributed by atoms with Gasteiger partial charge < -0.3 is 10.6 Å². The summed E-state index contributed by atoms with van der Waals surface area (Å²) in [6.45, 7) is 6.03. The fourth-order valence-electron chi connectivity index (χ4n) is 3.07. The van der Waals surface area contributed by atoms with E-state index in [1.807, 2.05) is 4.90 Å². The van der Waals surface area contributed by atoms with Gasteiger partial charge in [0.25, 0.3) is 0 Å². The molecule has 2 fully saturated rings. The van der Waals surface area contributed by atoms with Crippen molar-refractivity contribution in [3.05, 3.63) is 0 Å². The van der Waals surface area contributed by atoms with Crippen LogP contribution < -0.4 is 5.73 Å². The highest BCUT2D eigenvalue weighted by molar-refractivity contribution is 5.76. The normalized spacial score (nSPS) is 27.9. The second-order valence-corrected chi connectivity index (χ2v) is 6.89. The lowest BCUT2D eigenvalue weighted by Crippen LogP contribution is -2.53. The predicted octanol–water partition coefficient (Wildman–Crippen LogP) is 2.54. The molecule has 2 rings (SSSR count). The number of piperidine rings is 1. The van der Waals surface area contributed by atoms with Crippen molar-refractivity contribution in [2.75, 3.05) is 13.1 Å². The fourth-order valence-corrected chi connectivity index (χ4v) is 3.07. The number of nitrogens with zero attached hydrogens (tertiary/aromatic N) is 1. The third-order valence-corrected chi connectivity index (χ3v) is 4.89. The van der Waals surface area contributed by atoms with Crippen molar-refractivity contribution in [2.45, 2.75) is 64.8 Å². The summed E-state index contributed by atoms with van der Waals surface area (Å²) in [6.07, 6.45) is 8.19. The zero-order valence-electron chi connectivity index (χ0n) is 12.0. The maximum absolute atomic E-state index is 12.2. The molecule has 1 atom stereocenters. The Morgan fingerprint density at radius 1 is 1.33 bits per heavy atom. The van der Waals surface area contributed by atoms with E-state index in [-0.39, 0.29) is 11.5 Å². The first-order valence-corrected chi connectivity index (χ1v) is 7.52. The van der Waals surface area contributed by atoms with Crippen LogP contribution in [-0.4, -0.2) is 29.9 Å². The molecule has 0 aromatic heterocycles. The average Bonchev–Trinajstić information content (AvgIpc) is 2.25. The summed E-state index contributed by atoms with van der Waals surface area (Å²) in [5, 5.41) is 0. The molecule has 18 heavy (non-hydrogen) atoms. The molecule has 2 N–H and O–H groups in total. The van der Waals surface area contributed by atoms with E-state index in [0.29, 0.717) is 5.91 Å². The van der Waals surface area contributed by atoms with E-state index in [1.165, 1.54) is 25.7 Å². The maximum Gasteiger partial charge on any atom is 0.222 e. The Labute approximate surface area is 111 Å². The highest BCUT2D eigenvalue weighted by Crippen LogP contribution is 2.31. The van der Waals surface area contributed by atoms with Crippen LogP contribution in [0, 0.1) is 11.3 Å². The van der Waals surface area contributed by atoms with Gasteiger partial charge in [-0.3, -0.25) is 4.79 Å². The fraction of sp³-hybridized carbons (Fsp3) is 0.933. The van der Waals surface area contributed by atoms with Crippen molar-refractivity contribution < 1.29 is 4.79 Å². The number of nitrogens with two attached hydrogens (primary N) is 1. The topological polar surface area (TPSA) is 46.3 Å². The average molecular weight is 252 g/mol. The van der Waals surface area contributed by atoms with E-state index in [0.717, 1.165) is 38.3 Å². The summed E-state index contributed by atoms with van der Waals surface area (Å²) in [7, 11) is 0. The van der Waals surface area contributed by atoms with Crippen molar-refractivity contribution in [3.63, 3.8) is 0 Å². The van der Waals surface area contributed by atoms with Crippen LogP contribution in [0.15, 0.2) is 0 Å². The van der Waals surface area contributed by atoms with Crippen LogP contribution in [0.1, 0.15) is 58.8 Å². The van der Waals surface area contributed by atoms with Gasteiger partial charge in [-0.05, 0) is 30.6 Å². The van der Waals surface area contributed by atoms with Crippen LogP contribution in [0.4, 0.5) is 0 Å². The van der Waals surface area contributed by atoms with Gasteiger partial charge in [-0.15, -0.1) is 0 Å². The Morgan fingerprint density at radius 2 is 2.06 bits per heavy atom. The van der Waals surface area contributed by atoms with Gasteiger partial charge in [0, 0.05) is 25.6 Å². The molecule has 1 aliphatic carbocycles. The Hall–Kier alpha value is -0.570. The molecule has 0 spiro atoms. The second kappa shape index (κ2) is 5.60. The van der Waals surface area contributed by atoms with Gasteiger partial charge in [-0.25, -0.2) is 0 Å². The lowest BCUT2D eigenvalue weighted by Gasteiger charge is -2.42. The molecule has 1 aliphatic heterocycles. The quantitative estimate of drug-likeness (QED) is 0.835.